The number of ether oxygens (including phenoxy) is 1. The lowest BCUT2D eigenvalue weighted by atomic mass is 9.87. The van der Waals surface area contributed by atoms with Gasteiger partial charge in [-0.05, 0) is 6.42 Å². The first-order valence-corrected chi connectivity index (χ1v) is 28.6. The van der Waals surface area contributed by atoms with Crippen LogP contribution in [-0.2, 0) is 50.7 Å². The van der Waals surface area contributed by atoms with Crippen molar-refractivity contribution in [2.24, 2.45) is 5.41 Å². The maximum absolute atomic E-state index is 12.7. The molecule has 1 saturated heterocycles. The molecule has 24 nitrogen and oxygen atoms in total. The predicted octanol–water partition coefficient (Wildman–Crippen LogP) is 5.32. The van der Waals surface area contributed by atoms with Crippen molar-refractivity contribution in [2.45, 2.75) is 167 Å². The molecule has 7 atom stereocenters. The molecule has 2 aromatic heterocycles. The van der Waals surface area contributed by atoms with Crippen LogP contribution < -0.4 is 16.4 Å². The second kappa shape index (κ2) is 29.8. The van der Waals surface area contributed by atoms with Crippen LogP contribution in [0.25, 0.3) is 11.2 Å². The van der Waals surface area contributed by atoms with Crippen molar-refractivity contribution >= 4 is 69.1 Å². The van der Waals surface area contributed by atoms with Crippen molar-refractivity contribution in [1.29, 1.82) is 0 Å². The Kier molecular flexibility index (Phi) is 26.2. The van der Waals surface area contributed by atoms with Crippen LogP contribution in [0.4, 0.5) is 5.82 Å². The number of imidazole rings is 1. The number of hydrogen-bond acceptors (Lipinski definition) is 18. The van der Waals surface area contributed by atoms with E-state index in [1.54, 1.807) is 0 Å². The molecule has 1 aliphatic rings. The van der Waals surface area contributed by atoms with E-state index in [2.05, 4.69) is 41.3 Å². The summed E-state index contributed by atoms with van der Waals surface area (Å²) in [5.74, 6) is -1.02. The Morgan fingerprint density at radius 2 is 1.41 bits per heavy atom. The van der Waals surface area contributed by atoms with E-state index in [0.717, 1.165) is 48.2 Å². The van der Waals surface area contributed by atoms with Gasteiger partial charge in [0.1, 0.15) is 36.3 Å². The Labute approximate surface area is 401 Å². The summed E-state index contributed by atoms with van der Waals surface area (Å²) in [5.41, 5.74) is 4.29. The van der Waals surface area contributed by atoms with Gasteiger partial charge >= 0.3 is 23.5 Å². The van der Waals surface area contributed by atoms with Crippen LogP contribution in [0, 0.1) is 5.41 Å². The highest BCUT2D eigenvalue weighted by Gasteiger charge is 2.50. The Hall–Kier alpha value is -2.44. The van der Waals surface area contributed by atoms with Gasteiger partial charge in [-0.25, -0.2) is 28.6 Å². The number of nitrogen functional groups attached to an aromatic ring is 1. The minimum absolute atomic E-state index is 0.0341. The molecule has 7 unspecified atom stereocenters. The van der Waals surface area contributed by atoms with Crippen molar-refractivity contribution in [3.8, 4) is 0 Å². The van der Waals surface area contributed by atoms with Crippen molar-refractivity contribution in [3.63, 3.8) is 0 Å². The molecule has 1 fully saturated rings. The van der Waals surface area contributed by atoms with Gasteiger partial charge in [-0.3, -0.25) is 32.5 Å². The molecule has 0 saturated carbocycles. The molecular weight excluding hydrogens is 975 g/mol. The summed E-state index contributed by atoms with van der Waals surface area (Å²) in [6.45, 7) is 2.83. The molecule has 3 rings (SSSR count). The number of phosphoric ester groups is 3. The zero-order chi connectivity index (χ0) is 50.4. The highest BCUT2D eigenvalue weighted by atomic mass is 32.2. The number of aliphatic hydroxyl groups excluding tert-OH is 2. The van der Waals surface area contributed by atoms with Gasteiger partial charge in [0.15, 0.2) is 22.8 Å². The minimum Gasteiger partial charge on any atom is -0.386 e. The number of carbonyl (C=O) groups is 3. The number of rotatable bonds is 36. The van der Waals surface area contributed by atoms with Crippen LogP contribution in [0.5, 0.6) is 0 Å². The Morgan fingerprint density at radius 1 is 0.838 bits per heavy atom. The fourth-order valence-electron chi connectivity index (χ4n) is 7.18. The van der Waals surface area contributed by atoms with Gasteiger partial charge in [0.05, 0.1) is 19.5 Å². The monoisotopic (exact) mass is 1050 g/mol. The largest absolute Gasteiger partial charge is 0.481 e. The number of fused-ring (bicyclic) bond motifs is 1. The first kappa shape index (κ1) is 59.9. The minimum atomic E-state index is -5.57. The van der Waals surface area contributed by atoms with Crippen LogP contribution in [0.2, 0.25) is 0 Å². The Bertz CT molecular complexity index is 2010. The summed E-state index contributed by atoms with van der Waals surface area (Å²) < 4.78 is 62.5. The van der Waals surface area contributed by atoms with Crippen LogP contribution in [0.1, 0.15) is 143 Å². The molecule has 2 amide bonds. The van der Waals surface area contributed by atoms with E-state index in [1.165, 1.54) is 97.3 Å². The summed E-state index contributed by atoms with van der Waals surface area (Å²) in [6.07, 6.45) is 13.8. The molecular formula is C40H72N7O17P3S. The van der Waals surface area contributed by atoms with Crippen LogP contribution in [-0.4, -0.2) is 123 Å². The quantitative estimate of drug-likeness (QED) is 0.0308. The number of nitrogens with zero attached hydrogens (tertiary/aromatic N) is 4. The number of aromatic nitrogens is 4. The number of anilines is 1. The average molecular weight is 1050 g/mol. The van der Waals surface area contributed by atoms with Crippen molar-refractivity contribution in [2.75, 3.05) is 37.8 Å². The van der Waals surface area contributed by atoms with E-state index < -0.39 is 84.6 Å². The zero-order valence-corrected chi connectivity index (χ0v) is 42.6. The number of unbranched alkanes of at least 4 members (excludes halogenated alkanes) is 15. The molecule has 2 aromatic rings. The number of nitrogens with one attached hydrogen (secondary N) is 2. The van der Waals surface area contributed by atoms with Crippen molar-refractivity contribution in [1.82, 2.24) is 30.2 Å². The first-order valence-electron chi connectivity index (χ1n) is 23.1. The Morgan fingerprint density at radius 3 is 2.00 bits per heavy atom. The summed E-state index contributed by atoms with van der Waals surface area (Å²) in [7, 11) is -16.4. The third-order valence-corrected chi connectivity index (χ3v) is 15.0. The van der Waals surface area contributed by atoms with Gasteiger partial charge in [0.25, 0.3) is 0 Å². The lowest BCUT2D eigenvalue weighted by Crippen LogP contribution is -2.46. The van der Waals surface area contributed by atoms with Gasteiger partial charge in [-0.1, -0.05) is 129 Å². The molecule has 0 aromatic carbocycles. The number of nitrogens with two attached hydrogens (primary N) is 1. The maximum Gasteiger partial charge on any atom is 0.481 e. The molecule has 1 aliphatic heterocycles. The average Bonchev–Trinajstić information content (AvgIpc) is 3.83. The van der Waals surface area contributed by atoms with Gasteiger partial charge in [0, 0.05) is 37.1 Å². The summed E-state index contributed by atoms with van der Waals surface area (Å²) in [4.78, 5) is 88.4. The standard InChI is InChI=1S/C40H72N7O17P3S/c1-4-5-6-7-8-9-10-11-12-13-14-15-16-17-18-19-20-31(49)68-24-23-42-30(48)21-22-43-38(52)35(51)40(2,3)26-61-67(58,59)64-66(56,57)60-25-29-34(63-65(53,54)55)33(50)39(62-29)47-28-46-32-36(41)44-27-45-37(32)47/h27-29,33-35,39,50-51H,4-26H2,1-3H3,(H,42,48)(H,43,52)(H,56,57)(H,58,59)(H2,41,44,45)(H2,53,54,55). The second-order valence-corrected chi connectivity index (χ2v) is 22.7. The third-order valence-electron chi connectivity index (χ3n) is 11.0. The highest BCUT2D eigenvalue weighted by Crippen LogP contribution is 2.61. The summed E-state index contributed by atoms with van der Waals surface area (Å²) in [6, 6.07) is 0. The highest BCUT2D eigenvalue weighted by molar-refractivity contribution is 8.13. The van der Waals surface area contributed by atoms with Crippen molar-refractivity contribution in [3.05, 3.63) is 12.7 Å². The molecule has 10 N–H and O–H groups in total. The van der Waals surface area contributed by atoms with Gasteiger partial charge in [-0.15, -0.1) is 0 Å². The molecule has 68 heavy (non-hydrogen) atoms. The molecule has 0 aliphatic carbocycles. The zero-order valence-electron chi connectivity index (χ0n) is 39.1. The molecule has 0 radical (unpaired) electrons. The lowest BCUT2D eigenvalue weighted by Gasteiger charge is -2.30. The fourth-order valence-corrected chi connectivity index (χ4v) is 10.7. The van der Waals surface area contributed by atoms with Crippen molar-refractivity contribution < 1.29 is 80.5 Å². The molecule has 3 heterocycles. The number of phosphoric acid groups is 3. The second-order valence-electron chi connectivity index (χ2n) is 17.3. The molecule has 0 bridgehead atoms. The van der Waals surface area contributed by atoms with Crippen LogP contribution >= 0.6 is 35.2 Å². The number of amides is 2. The van der Waals surface area contributed by atoms with E-state index in [-0.39, 0.29) is 41.6 Å². The van der Waals surface area contributed by atoms with Crippen LogP contribution in [0.3, 0.4) is 0 Å². The number of carbonyl (C=O) groups excluding carboxylic acids is 3. The summed E-state index contributed by atoms with van der Waals surface area (Å²) >= 11 is 1.16. The number of thioether (sulfide) groups is 1. The predicted molar refractivity (Wildman–Crippen MR) is 251 cm³/mol. The molecule has 0 spiro atoms. The first-order chi connectivity index (χ1) is 32.1. The smallest absolute Gasteiger partial charge is 0.386 e. The van der Waals surface area contributed by atoms with E-state index in [1.807, 2.05) is 0 Å². The number of aliphatic hydroxyl groups is 2. The van der Waals surface area contributed by atoms with E-state index >= 15 is 0 Å². The van der Waals surface area contributed by atoms with Gasteiger partial charge in [0.2, 0.25) is 11.8 Å². The molecule has 390 valence electrons. The lowest BCUT2D eigenvalue weighted by molar-refractivity contribution is -0.137. The normalized spacial score (nSPS) is 20.0. The van der Waals surface area contributed by atoms with Gasteiger partial charge < -0.3 is 50.9 Å². The van der Waals surface area contributed by atoms with E-state index in [4.69, 9.17) is 19.5 Å². The topological polar surface area (TPSA) is 364 Å². The van der Waals surface area contributed by atoms with Gasteiger partial charge in [-0.2, -0.15) is 4.31 Å². The van der Waals surface area contributed by atoms with E-state index in [0.29, 0.717) is 12.2 Å². The summed E-state index contributed by atoms with van der Waals surface area (Å²) in [5, 5.41) is 26.7. The number of hydrogen-bond donors (Lipinski definition) is 9. The molecule has 28 heteroatoms. The third kappa shape index (κ3) is 22.3. The van der Waals surface area contributed by atoms with Crippen LogP contribution in [0.15, 0.2) is 12.7 Å². The maximum atomic E-state index is 12.7. The van der Waals surface area contributed by atoms with E-state index in [9.17, 15) is 57.9 Å². The Balaban J connectivity index is 1.28. The SMILES string of the molecule is CCCCCCCCCCCCCCCCCCC(=O)SCCNC(=O)CCNC(=O)C(O)C(C)(C)COP(=O)(O)OP(=O)(O)OCC1OC(n2cnc3c(N)ncnc32)C(O)C1OP(=O)(O)O. The fraction of sp³-hybridized carbons (Fsp3) is 0.800.